The molecule has 0 heterocycles. The molecule has 0 saturated carbocycles. The molecule has 0 N–H and O–H groups in total. The van der Waals surface area contributed by atoms with E-state index in [-0.39, 0.29) is 0 Å². The molecule has 0 bridgehead atoms. The molecule has 0 aliphatic rings. The number of hydrogen-bond donors (Lipinski definition) is 0. The van der Waals surface area contributed by atoms with Crippen LogP contribution in [0, 0.1) is 0 Å². The second kappa shape index (κ2) is 4.79. The maximum Gasteiger partial charge on any atom is 0.171 e. The van der Waals surface area contributed by atoms with Gasteiger partial charge in [0.05, 0.1) is 14.2 Å². The lowest BCUT2D eigenvalue weighted by atomic mass is 10.3. The summed E-state index contributed by atoms with van der Waals surface area (Å²) in [6.45, 7) is 0. The topological polar surface area (TPSA) is 36.9 Å². The largest absolute Gasteiger partial charge is 0.493 e. The van der Waals surface area contributed by atoms with Gasteiger partial charge in [-0.05, 0) is 12.1 Å². The SMILES string of the molecule is COc1ccc(OOCl)cc1OC. The van der Waals surface area contributed by atoms with Crippen LogP contribution >= 0.6 is 11.9 Å². The molecule has 0 aliphatic heterocycles. The van der Waals surface area contributed by atoms with Crippen LogP contribution < -0.4 is 14.4 Å². The van der Waals surface area contributed by atoms with E-state index in [4.69, 9.17) is 21.3 Å². The van der Waals surface area contributed by atoms with E-state index < -0.39 is 0 Å². The molecule has 0 aromatic heterocycles. The fraction of sp³-hybridized carbons (Fsp3) is 0.250. The number of benzene rings is 1. The van der Waals surface area contributed by atoms with Crippen LogP contribution in [0.2, 0.25) is 0 Å². The molecule has 0 amide bonds. The predicted molar refractivity (Wildman–Crippen MR) is 47.1 cm³/mol. The second-order valence-electron chi connectivity index (χ2n) is 2.16. The molecular weight excluding hydrogens is 196 g/mol. The van der Waals surface area contributed by atoms with E-state index in [0.29, 0.717) is 17.2 Å². The van der Waals surface area contributed by atoms with Crippen molar-refractivity contribution in [3.63, 3.8) is 0 Å². The average Bonchev–Trinajstić information content (AvgIpc) is 2.18. The fourth-order valence-electron chi connectivity index (χ4n) is 0.905. The van der Waals surface area contributed by atoms with Gasteiger partial charge in [-0.1, -0.05) is 4.44 Å². The van der Waals surface area contributed by atoms with Crippen LogP contribution in [0.3, 0.4) is 0 Å². The molecule has 0 fully saturated rings. The molecule has 1 aromatic rings. The van der Waals surface area contributed by atoms with Crippen LogP contribution in [0.5, 0.6) is 17.2 Å². The van der Waals surface area contributed by atoms with E-state index in [1.807, 2.05) is 0 Å². The minimum atomic E-state index is 0.438. The van der Waals surface area contributed by atoms with E-state index in [1.165, 1.54) is 7.11 Å². The van der Waals surface area contributed by atoms with Crippen molar-refractivity contribution in [2.75, 3.05) is 14.2 Å². The molecular formula is C8H9ClO4. The Balaban J connectivity index is 2.91. The van der Waals surface area contributed by atoms with Crippen molar-refractivity contribution in [3.05, 3.63) is 18.2 Å². The highest BCUT2D eigenvalue weighted by atomic mass is 35.5. The monoisotopic (exact) mass is 204 g/mol. The summed E-state index contributed by atoms with van der Waals surface area (Å²) in [5, 5.41) is 0. The predicted octanol–water partition coefficient (Wildman–Crippen LogP) is 2.17. The zero-order valence-electron chi connectivity index (χ0n) is 7.24. The summed E-state index contributed by atoms with van der Waals surface area (Å²) < 4.78 is 14.0. The highest BCUT2D eigenvalue weighted by molar-refractivity contribution is 6.06. The average molecular weight is 205 g/mol. The summed E-state index contributed by atoms with van der Waals surface area (Å²) in [5.41, 5.74) is 0. The quantitative estimate of drug-likeness (QED) is 0.557. The lowest BCUT2D eigenvalue weighted by Gasteiger charge is -2.07. The molecule has 72 valence electrons. The number of rotatable bonds is 4. The van der Waals surface area contributed by atoms with Crippen molar-refractivity contribution in [3.8, 4) is 17.2 Å². The summed E-state index contributed by atoms with van der Waals surface area (Å²) in [4.78, 5) is 4.58. The van der Waals surface area contributed by atoms with Gasteiger partial charge < -0.3 is 14.4 Å². The molecule has 0 atom stereocenters. The lowest BCUT2D eigenvalue weighted by molar-refractivity contribution is -0.0920. The highest BCUT2D eigenvalue weighted by Gasteiger charge is 2.05. The standard InChI is InChI=1S/C8H9ClO4/c1-10-7-4-3-6(12-13-9)5-8(7)11-2/h3-5H,1-2H3. The summed E-state index contributed by atoms with van der Waals surface area (Å²) in [6.07, 6.45) is 0. The fourth-order valence-corrected chi connectivity index (χ4v) is 0.977. The van der Waals surface area contributed by atoms with E-state index >= 15 is 0 Å². The highest BCUT2D eigenvalue weighted by Crippen LogP contribution is 2.30. The van der Waals surface area contributed by atoms with Crippen molar-refractivity contribution < 1.29 is 18.8 Å². The molecule has 0 radical (unpaired) electrons. The van der Waals surface area contributed by atoms with E-state index in [0.717, 1.165) is 0 Å². The van der Waals surface area contributed by atoms with Crippen LogP contribution in [0.4, 0.5) is 0 Å². The van der Waals surface area contributed by atoms with Gasteiger partial charge in [-0.2, -0.15) is 0 Å². The van der Waals surface area contributed by atoms with Gasteiger partial charge in [0.15, 0.2) is 17.2 Å². The van der Waals surface area contributed by atoms with Crippen molar-refractivity contribution >= 4 is 11.9 Å². The van der Waals surface area contributed by atoms with Gasteiger partial charge >= 0.3 is 0 Å². The van der Waals surface area contributed by atoms with Gasteiger partial charge in [-0.15, -0.1) is 0 Å². The van der Waals surface area contributed by atoms with E-state index in [9.17, 15) is 0 Å². The third kappa shape index (κ3) is 2.40. The molecule has 5 heteroatoms. The van der Waals surface area contributed by atoms with Gasteiger partial charge in [-0.3, -0.25) is 0 Å². The molecule has 4 nitrogen and oxygen atoms in total. The van der Waals surface area contributed by atoms with Crippen molar-refractivity contribution in [1.82, 2.24) is 0 Å². The van der Waals surface area contributed by atoms with Crippen molar-refractivity contribution in [1.29, 1.82) is 0 Å². The molecule has 1 rings (SSSR count). The van der Waals surface area contributed by atoms with Crippen molar-refractivity contribution in [2.45, 2.75) is 0 Å². The first-order chi connectivity index (χ1) is 6.31. The van der Waals surface area contributed by atoms with Crippen LogP contribution in [0.25, 0.3) is 0 Å². The number of methoxy groups -OCH3 is 2. The molecule has 1 aromatic carbocycles. The zero-order chi connectivity index (χ0) is 9.68. The number of hydrogen-bond acceptors (Lipinski definition) is 4. The second-order valence-corrected chi connectivity index (χ2v) is 2.29. The minimum Gasteiger partial charge on any atom is -0.493 e. The van der Waals surface area contributed by atoms with Crippen LogP contribution in [0.1, 0.15) is 0 Å². The van der Waals surface area contributed by atoms with Gasteiger partial charge in [-0.25, -0.2) is 0 Å². The van der Waals surface area contributed by atoms with Crippen LogP contribution in [-0.2, 0) is 4.44 Å². The van der Waals surface area contributed by atoms with Gasteiger partial charge in [0.25, 0.3) is 0 Å². The Morgan fingerprint density at radius 2 is 1.77 bits per heavy atom. The van der Waals surface area contributed by atoms with Gasteiger partial charge in [0.1, 0.15) is 11.9 Å². The smallest absolute Gasteiger partial charge is 0.171 e. The Labute approximate surface area is 81.0 Å². The molecule has 13 heavy (non-hydrogen) atoms. The third-order valence-electron chi connectivity index (χ3n) is 1.48. The van der Waals surface area contributed by atoms with Gasteiger partial charge in [0, 0.05) is 6.07 Å². The van der Waals surface area contributed by atoms with Gasteiger partial charge in [0.2, 0.25) is 0 Å². The van der Waals surface area contributed by atoms with E-state index in [1.54, 1.807) is 25.3 Å². The maximum absolute atomic E-state index is 5.02. The third-order valence-corrected chi connectivity index (χ3v) is 1.55. The minimum absolute atomic E-state index is 0.438. The van der Waals surface area contributed by atoms with Crippen LogP contribution in [-0.4, -0.2) is 14.2 Å². The summed E-state index contributed by atoms with van der Waals surface area (Å²) in [5.74, 6) is 1.60. The number of halogens is 1. The normalized spacial score (nSPS) is 9.46. The Morgan fingerprint density at radius 1 is 1.08 bits per heavy atom. The first-order valence-electron chi connectivity index (χ1n) is 3.49. The molecule has 0 aliphatic carbocycles. The van der Waals surface area contributed by atoms with Crippen molar-refractivity contribution in [2.24, 2.45) is 0 Å². The Bertz CT molecular complexity index is 277. The molecule has 0 spiro atoms. The summed E-state index contributed by atoms with van der Waals surface area (Å²) >= 11 is 4.91. The Morgan fingerprint density at radius 3 is 2.31 bits per heavy atom. The first kappa shape index (κ1) is 9.95. The maximum atomic E-state index is 5.02. The zero-order valence-corrected chi connectivity index (χ0v) is 8.00. The Hall–Kier alpha value is -1.13. The molecule has 0 saturated heterocycles. The summed E-state index contributed by atoms with van der Waals surface area (Å²) in [6, 6.07) is 4.93. The van der Waals surface area contributed by atoms with E-state index in [2.05, 4.69) is 9.33 Å². The summed E-state index contributed by atoms with van der Waals surface area (Å²) in [7, 11) is 3.08. The van der Waals surface area contributed by atoms with Crippen LogP contribution in [0.15, 0.2) is 18.2 Å². The molecule has 0 unspecified atom stereocenters. The lowest BCUT2D eigenvalue weighted by Crippen LogP contribution is -1.92. The first-order valence-corrected chi connectivity index (χ1v) is 3.80. The Kier molecular flexibility index (Phi) is 3.67. The number of ether oxygens (including phenoxy) is 2.